The molecule has 0 aromatic heterocycles. The fraction of sp³-hybridized carbons (Fsp3) is 0.826. The summed E-state index contributed by atoms with van der Waals surface area (Å²) in [5.41, 5.74) is 0. The molecule has 11 nitrogen and oxygen atoms in total. The number of ether oxygens (including phenoxy) is 3. The number of nitrogens with zero attached hydrogens (tertiary/aromatic N) is 3. The minimum absolute atomic E-state index is 0. The maximum absolute atomic E-state index is 11.2. The molecule has 35 heavy (non-hydrogen) atoms. The highest BCUT2D eigenvalue weighted by Gasteiger charge is 2.01. The topological polar surface area (TPSA) is 153 Å². The van der Waals surface area contributed by atoms with Gasteiger partial charge in [0.15, 0.2) is 0 Å². The number of carbonyl (C=O) groups excluding carboxylic acids is 4. The number of aliphatic hydroxyl groups excluding tert-OH is 1. The Hall–Kier alpha value is -1.78. The zero-order chi connectivity index (χ0) is 26.0. The smallest absolute Gasteiger partial charge is 0.305 e. The second-order valence-corrected chi connectivity index (χ2v) is 6.78. The number of halogens is 1. The Morgan fingerprint density at radius 3 is 1.43 bits per heavy atom. The second-order valence-electron chi connectivity index (χ2n) is 6.78. The van der Waals surface area contributed by atoms with Gasteiger partial charge in [-0.3, -0.25) is 4.79 Å². The quantitative estimate of drug-likeness (QED) is 0.0716. The van der Waals surface area contributed by atoms with Gasteiger partial charge in [0.2, 0.25) is 18.2 Å². The zero-order valence-electron chi connectivity index (χ0n) is 21.1. The average Bonchev–Trinajstić information content (AvgIpc) is 2.84. The molecular formula is C23H44IN3O8. The summed E-state index contributed by atoms with van der Waals surface area (Å²) in [6, 6.07) is 0. The van der Waals surface area contributed by atoms with Crippen LogP contribution in [0, 0.1) is 0 Å². The number of unbranched alkanes of at least 4 members (excludes halogenated alkanes) is 7. The molecule has 0 spiro atoms. The molecule has 0 amide bonds. The first-order chi connectivity index (χ1) is 16.6. The third-order valence-electron chi connectivity index (χ3n) is 3.98. The van der Waals surface area contributed by atoms with Gasteiger partial charge in [-0.2, -0.15) is 0 Å². The van der Waals surface area contributed by atoms with Crippen molar-refractivity contribution < 1.29 is 39.9 Å². The minimum Gasteiger partial charge on any atom is -0.463 e. The molecule has 0 aromatic rings. The Morgan fingerprint density at radius 2 is 1.09 bits per heavy atom. The van der Waals surface area contributed by atoms with Gasteiger partial charge in [0.1, 0.15) is 6.61 Å². The number of aliphatic imine (C=N–C) groups is 3. The summed E-state index contributed by atoms with van der Waals surface area (Å²) in [5, 5.41) is 7.94. The molecule has 0 saturated carbocycles. The van der Waals surface area contributed by atoms with Crippen LogP contribution in [0.25, 0.3) is 0 Å². The van der Waals surface area contributed by atoms with Gasteiger partial charge in [-0.05, 0) is 25.7 Å². The summed E-state index contributed by atoms with van der Waals surface area (Å²) in [6.45, 7) is 3.02. The van der Waals surface area contributed by atoms with Crippen LogP contribution in [0.5, 0.6) is 0 Å². The van der Waals surface area contributed by atoms with Crippen molar-refractivity contribution in [2.45, 2.75) is 64.2 Å². The number of methoxy groups -OCH3 is 2. The normalized spacial score (nSPS) is 8.77. The molecule has 0 heterocycles. The number of esters is 1. The van der Waals surface area contributed by atoms with Crippen LogP contribution in [0.15, 0.2) is 15.0 Å². The Kier molecular flexibility index (Phi) is 48.9. The zero-order valence-corrected chi connectivity index (χ0v) is 23.4. The SMILES string of the molecule is COCCO.COCCOC(=O)CCCCCCCN=C=O.I.O=C=NCCCCCCN=C=O.[HH]. The van der Waals surface area contributed by atoms with Crippen LogP contribution >= 0.6 is 24.0 Å². The van der Waals surface area contributed by atoms with Gasteiger partial charge in [-0.1, -0.05) is 32.1 Å². The van der Waals surface area contributed by atoms with Crippen molar-refractivity contribution in [3.8, 4) is 0 Å². The van der Waals surface area contributed by atoms with E-state index in [-0.39, 0.29) is 38.0 Å². The van der Waals surface area contributed by atoms with Gasteiger partial charge in [0, 0.05) is 22.1 Å². The average molecular weight is 618 g/mol. The summed E-state index contributed by atoms with van der Waals surface area (Å²) >= 11 is 0. The Morgan fingerprint density at radius 1 is 0.686 bits per heavy atom. The van der Waals surface area contributed by atoms with Crippen LogP contribution in [0.3, 0.4) is 0 Å². The number of hydrogen-bond donors (Lipinski definition) is 1. The Labute approximate surface area is 227 Å². The minimum atomic E-state index is -0.160. The summed E-state index contributed by atoms with van der Waals surface area (Å²) in [7, 11) is 3.12. The predicted octanol–water partition coefficient (Wildman–Crippen LogP) is 3.56. The number of isocyanates is 3. The fourth-order valence-corrected chi connectivity index (χ4v) is 2.27. The Bertz CT molecular complexity index is 560. The van der Waals surface area contributed by atoms with Crippen molar-refractivity contribution in [3.05, 3.63) is 0 Å². The van der Waals surface area contributed by atoms with Gasteiger partial charge in [0.05, 0.1) is 39.5 Å². The molecule has 0 aliphatic rings. The highest BCUT2D eigenvalue weighted by molar-refractivity contribution is 14.0. The molecule has 0 rings (SSSR count). The number of aliphatic hydroxyl groups is 1. The molecule has 12 heteroatoms. The molecule has 206 valence electrons. The van der Waals surface area contributed by atoms with E-state index in [4.69, 9.17) is 14.6 Å². The van der Waals surface area contributed by atoms with E-state index in [9.17, 15) is 19.2 Å². The molecule has 0 atom stereocenters. The first-order valence-electron chi connectivity index (χ1n) is 11.5. The van der Waals surface area contributed by atoms with Crippen molar-refractivity contribution in [2.24, 2.45) is 15.0 Å². The van der Waals surface area contributed by atoms with E-state index in [1.165, 1.54) is 18.2 Å². The standard InChI is InChI=1S/C12H21NO4.C8H12N2O2.C3H8O2.HI.H2/c1-16-9-10-17-12(15)7-5-3-2-4-6-8-13-11-14;11-7-9-5-3-1-2-4-6-10-8-12;1-5-3-2-4;;/h2-10H2,1H3;1-6H2;4H,2-3H2,1H3;2*1H. The van der Waals surface area contributed by atoms with Crippen LogP contribution in [0.1, 0.15) is 65.6 Å². The van der Waals surface area contributed by atoms with Gasteiger partial charge in [0.25, 0.3) is 0 Å². The first-order valence-corrected chi connectivity index (χ1v) is 11.5. The number of rotatable bonds is 20. The lowest BCUT2D eigenvalue weighted by Crippen LogP contribution is -2.09. The van der Waals surface area contributed by atoms with Crippen LogP contribution in [-0.2, 0) is 33.4 Å². The second kappa shape index (κ2) is 42.4. The molecule has 0 aliphatic carbocycles. The summed E-state index contributed by atoms with van der Waals surface area (Å²) < 4.78 is 14.1. The molecule has 0 radical (unpaired) electrons. The summed E-state index contributed by atoms with van der Waals surface area (Å²) in [6.07, 6.45) is 13.6. The molecule has 0 bridgehead atoms. The third-order valence-corrected chi connectivity index (χ3v) is 3.98. The maximum atomic E-state index is 11.2. The molecule has 1 N–H and O–H groups in total. The lowest BCUT2D eigenvalue weighted by molar-refractivity contribution is -0.145. The lowest BCUT2D eigenvalue weighted by Gasteiger charge is -2.03. The molecule has 0 aliphatic heterocycles. The maximum Gasteiger partial charge on any atom is 0.305 e. The van der Waals surface area contributed by atoms with E-state index in [1.807, 2.05) is 0 Å². The molecule has 0 fully saturated rings. The van der Waals surface area contributed by atoms with E-state index < -0.39 is 0 Å². The van der Waals surface area contributed by atoms with Crippen LogP contribution < -0.4 is 0 Å². The van der Waals surface area contributed by atoms with Gasteiger partial charge >= 0.3 is 5.97 Å². The van der Waals surface area contributed by atoms with Crippen LogP contribution in [0.2, 0.25) is 0 Å². The fourth-order valence-electron chi connectivity index (χ4n) is 2.27. The molecule has 0 unspecified atom stereocenters. The van der Waals surface area contributed by atoms with Crippen molar-refractivity contribution in [3.63, 3.8) is 0 Å². The Balaban J connectivity index is -0.000000148. The van der Waals surface area contributed by atoms with E-state index in [1.54, 1.807) is 14.2 Å². The highest BCUT2D eigenvalue weighted by atomic mass is 127. The van der Waals surface area contributed by atoms with Gasteiger partial charge in [-0.15, -0.1) is 24.0 Å². The monoisotopic (exact) mass is 617 g/mol. The summed E-state index contributed by atoms with van der Waals surface area (Å²) in [4.78, 5) is 50.5. The van der Waals surface area contributed by atoms with Gasteiger partial charge in [-0.25, -0.2) is 29.4 Å². The van der Waals surface area contributed by atoms with Crippen LogP contribution in [0.4, 0.5) is 0 Å². The highest BCUT2D eigenvalue weighted by Crippen LogP contribution is 2.06. The van der Waals surface area contributed by atoms with Crippen molar-refractivity contribution in [1.29, 1.82) is 0 Å². The largest absolute Gasteiger partial charge is 0.463 e. The molecular weight excluding hydrogens is 573 g/mol. The van der Waals surface area contributed by atoms with E-state index in [2.05, 4.69) is 19.7 Å². The van der Waals surface area contributed by atoms with E-state index >= 15 is 0 Å². The number of carbonyl (C=O) groups is 1. The first kappa shape index (κ1) is 40.4. The third kappa shape index (κ3) is 50.2. The predicted molar refractivity (Wildman–Crippen MR) is 144 cm³/mol. The summed E-state index contributed by atoms with van der Waals surface area (Å²) in [5.74, 6) is -0.160. The molecule has 0 saturated heterocycles. The van der Waals surface area contributed by atoms with E-state index in [0.717, 1.165) is 57.8 Å². The van der Waals surface area contributed by atoms with E-state index in [0.29, 0.717) is 45.9 Å². The number of hydrogen-bond acceptors (Lipinski definition) is 11. The van der Waals surface area contributed by atoms with Crippen LogP contribution in [-0.4, -0.2) is 89.6 Å². The van der Waals surface area contributed by atoms with Crippen molar-refractivity contribution in [1.82, 2.24) is 0 Å². The van der Waals surface area contributed by atoms with Crippen molar-refractivity contribution in [2.75, 3.05) is 60.3 Å². The molecule has 0 aromatic carbocycles. The van der Waals surface area contributed by atoms with Gasteiger partial charge < -0.3 is 19.3 Å². The van der Waals surface area contributed by atoms with Crippen molar-refractivity contribution >= 4 is 48.2 Å². The lowest BCUT2D eigenvalue weighted by atomic mass is 10.1.